The molecule has 1 aliphatic rings. The topological polar surface area (TPSA) is 59.3 Å². The lowest BCUT2D eigenvalue weighted by molar-refractivity contribution is -0.138. The van der Waals surface area contributed by atoms with Crippen LogP contribution < -0.4 is 0 Å². The highest BCUT2D eigenvalue weighted by Crippen LogP contribution is 2.33. The van der Waals surface area contributed by atoms with Gasteiger partial charge in [0.1, 0.15) is 5.56 Å². The van der Waals surface area contributed by atoms with Crippen molar-refractivity contribution in [2.24, 2.45) is 0 Å². The van der Waals surface area contributed by atoms with Crippen molar-refractivity contribution in [2.45, 2.75) is 18.9 Å². The summed E-state index contributed by atoms with van der Waals surface area (Å²) in [5.74, 6) is -14.7. The predicted octanol–water partition coefficient (Wildman–Crippen LogP) is 2.99. The summed E-state index contributed by atoms with van der Waals surface area (Å²) in [5.41, 5.74) is -1.67. The Hall–Kier alpha value is -2.71. The van der Waals surface area contributed by atoms with Crippen LogP contribution in [0.2, 0.25) is 0 Å². The van der Waals surface area contributed by atoms with Crippen molar-refractivity contribution in [3.05, 3.63) is 58.2 Å². The Kier molecular flexibility index (Phi) is 3.66. The number of halogens is 5. The summed E-state index contributed by atoms with van der Waals surface area (Å²) in [4.78, 5) is 23.4. The van der Waals surface area contributed by atoms with Crippen LogP contribution in [-0.4, -0.2) is 21.4 Å². The van der Waals surface area contributed by atoms with Gasteiger partial charge in [-0.15, -0.1) is 0 Å². The molecule has 0 saturated carbocycles. The van der Waals surface area contributed by atoms with Crippen molar-refractivity contribution >= 4 is 11.8 Å². The number of ketones is 1. The second-order valence-electron chi connectivity index (χ2n) is 5.25. The molecule has 1 aromatic heterocycles. The predicted molar refractivity (Wildman–Crippen MR) is 69.1 cm³/mol. The Bertz CT molecular complexity index is 861. The third-order valence-electron chi connectivity index (χ3n) is 3.98. The molecule has 1 unspecified atom stereocenters. The number of fused-ring (bicyclic) bond motifs is 1. The summed E-state index contributed by atoms with van der Waals surface area (Å²) in [5, 5.41) is 9.06. The summed E-state index contributed by atoms with van der Waals surface area (Å²) >= 11 is 0. The molecule has 0 amide bonds. The number of hydrogen-bond donors (Lipinski definition) is 1. The molecule has 0 fully saturated rings. The van der Waals surface area contributed by atoms with Gasteiger partial charge in [-0.1, -0.05) is 0 Å². The van der Waals surface area contributed by atoms with Gasteiger partial charge in [0.05, 0.1) is 11.6 Å². The molecule has 3 rings (SSSR count). The van der Waals surface area contributed by atoms with Gasteiger partial charge >= 0.3 is 5.97 Å². The molecular formula is C15H8F5NO3. The molecule has 0 saturated heterocycles. The van der Waals surface area contributed by atoms with Gasteiger partial charge in [-0.05, 0) is 18.6 Å². The van der Waals surface area contributed by atoms with Gasteiger partial charge in [0.15, 0.2) is 23.3 Å². The van der Waals surface area contributed by atoms with Crippen LogP contribution in [0.15, 0.2) is 12.1 Å². The molecule has 0 spiro atoms. The van der Waals surface area contributed by atoms with Crippen molar-refractivity contribution in [2.75, 3.05) is 0 Å². The third-order valence-corrected chi connectivity index (χ3v) is 3.98. The van der Waals surface area contributed by atoms with E-state index in [0.717, 1.165) is 6.07 Å². The second kappa shape index (κ2) is 5.43. The quantitative estimate of drug-likeness (QED) is 0.403. The van der Waals surface area contributed by atoms with Crippen LogP contribution in [0.4, 0.5) is 22.0 Å². The van der Waals surface area contributed by atoms with Crippen molar-refractivity contribution in [3.8, 4) is 0 Å². The van der Waals surface area contributed by atoms with Crippen LogP contribution in [0.5, 0.6) is 0 Å². The van der Waals surface area contributed by atoms with Gasteiger partial charge < -0.3 is 9.67 Å². The molecule has 1 aromatic carbocycles. The summed E-state index contributed by atoms with van der Waals surface area (Å²) < 4.78 is 68.3. The Morgan fingerprint density at radius 2 is 1.50 bits per heavy atom. The highest BCUT2D eigenvalue weighted by atomic mass is 19.2. The molecule has 1 atom stereocenters. The fraction of sp³-hybridized carbons (Fsp3) is 0.200. The number of benzene rings is 1. The first kappa shape index (κ1) is 16.2. The number of hydrogen-bond acceptors (Lipinski definition) is 2. The molecule has 0 aliphatic carbocycles. The van der Waals surface area contributed by atoms with Crippen LogP contribution in [0.25, 0.3) is 0 Å². The summed E-state index contributed by atoms with van der Waals surface area (Å²) in [7, 11) is 0. The van der Waals surface area contributed by atoms with E-state index < -0.39 is 52.3 Å². The summed E-state index contributed by atoms with van der Waals surface area (Å²) in [6, 6.07) is 2.38. The molecule has 4 nitrogen and oxygen atoms in total. The number of carbonyl (C=O) groups excluding carboxylic acids is 1. The van der Waals surface area contributed by atoms with Gasteiger partial charge in [-0.25, -0.2) is 22.0 Å². The van der Waals surface area contributed by atoms with Crippen LogP contribution >= 0.6 is 0 Å². The van der Waals surface area contributed by atoms with Gasteiger partial charge in [-0.2, -0.15) is 0 Å². The van der Waals surface area contributed by atoms with Crippen LogP contribution in [-0.2, 0) is 11.3 Å². The number of rotatable bonds is 3. The van der Waals surface area contributed by atoms with E-state index in [4.69, 9.17) is 5.11 Å². The van der Waals surface area contributed by atoms with E-state index in [2.05, 4.69) is 0 Å². The van der Waals surface area contributed by atoms with E-state index in [-0.39, 0.29) is 24.4 Å². The second-order valence-corrected chi connectivity index (χ2v) is 5.25. The summed E-state index contributed by atoms with van der Waals surface area (Å²) in [6.07, 6.45) is 0.156. The normalized spacial score (nSPS) is 16.3. The van der Waals surface area contributed by atoms with Gasteiger partial charge in [0.25, 0.3) is 0 Å². The molecule has 1 N–H and O–H groups in total. The molecule has 126 valence electrons. The van der Waals surface area contributed by atoms with Crippen molar-refractivity contribution in [3.63, 3.8) is 0 Å². The Labute approximate surface area is 131 Å². The van der Waals surface area contributed by atoms with Crippen molar-refractivity contribution < 1.29 is 36.6 Å². The first-order valence-corrected chi connectivity index (χ1v) is 6.74. The molecule has 24 heavy (non-hydrogen) atoms. The van der Waals surface area contributed by atoms with Gasteiger partial charge in [0.2, 0.25) is 11.6 Å². The van der Waals surface area contributed by atoms with Crippen LogP contribution in [0, 0.1) is 29.1 Å². The molecule has 0 bridgehead atoms. The minimum absolute atomic E-state index is 0.0791. The summed E-state index contributed by atoms with van der Waals surface area (Å²) in [6.45, 7) is 0.0791. The first-order chi connectivity index (χ1) is 11.3. The van der Waals surface area contributed by atoms with E-state index in [0.29, 0.717) is 0 Å². The zero-order chi connectivity index (χ0) is 17.8. The largest absolute Gasteiger partial charge is 0.481 e. The highest BCUT2D eigenvalue weighted by Gasteiger charge is 2.35. The number of aliphatic carboxylic acids is 1. The Morgan fingerprint density at radius 3 is 2.04 bits per heavy atom. The van der Waals surface area contributed by atoms with E-state index >= 15 is 0 Å². The fourth-order valence-corrected chi connectivity index (χ4v) is 2.82. The maximum atomic E-state index is 13.8. The number of carbonyl (C=O) groups is 2. The van der Waals surface area contributed by atoms with Crippen molar-refractivity contribution in [1.82, 2.24) is 4.57 Å². The van der Waals surface area contributed by atoms with Crippen LogP contribution in [0.3, 0.4) is 0 Å². The lowest BCUT2D eigenvalue weighted by Gasteiger charge is -2.09. The average Bonchev–Trinajstić information content (AvgIpc) is 3.12. The van der Waals surface area contributed by atoms with Crippen LogP contribution in [0.1, 0.15) is 34.1 Å². The third kappa shape index (κ3) is 2.11. The number of carboxylic acids is 1. The molecule has 2 heterocycles. The molecule has 9 heteroatoms. The Morgan fingerprint density at radius 1 is 0.958 bits per heavy atom. The lowest BCUT2D eigenvalue weighted by atomic mass is 10.0. The maximum absolute atomic E-state index is 13.8. The van der Waals surface area contributed by atoms with Gasteiger partial charge in [-0.3, -0.25) is 9.59 Å². The highest BCUT2D eigenvalue weighted by molar-refractivity contribution is 6.08. The zero-order valence-corrected chi connectivity index (χ0v) is 11.7. The Balaban J connectivity index is 2.13. The zero-order valence-electron chi connectivity index (χ0n) is 11.7. The number of aromatic nitrogens is 1. The lowest BCUT2D eigenvalue weighted by Crippen LogP contribution is -2.16. The van der Waals surface area contributed by atoms with Gasteiger partial charge in [0, 0.05) is 12.2 Å². The maximum Gasteiger partial charge on any atom is 0.312 e. The molecule has 2 aromatic rings. The molecule has 0 radical (unpaired) electrons. The van der Waals surface area contributed by atoms with E-state index in [1.165, 1.54) is 10.6 Å². The number of carboxylic acid groups (broad SMARTS) is 1. The average molecular weight is 345 g/mol. The monoisotopic (exact) mass is 345 g/mol. The molecule has 1 aliphatic heterocycles. The van der Waals surface area contributed by atoms with E-state index in [1.807, 2.05) is 0 Å². The first-order valence-electron chi connectivity index (χ1n) is 6.74. The minimum Gasteiger partial charge on any atom is -0.481 e. The van der Waals surface area contributed by atoms with E-state index in [1.54, 1.807) is 0 Å². The SMILES string of the molecule is O=C(c1c(F)c(F)c(F)c(F)c1F)c1ccc2n1CCC2C(=O)O. The van der Waals surface area contributed by atoms with E-state index in [9.17, 15) is 31.5 Å². The van der Waals surface area contributed by atoms with Crippen molar-refractivity contribution in [1.29, 1.82) is 0 Å². The fourth-order valence-electron chi connectivity index (χ4n) is 2.82. The minimum atomic E-state index is -2.35. The molecular weight excluding hydrogens is 337 g/mol. The smallest absolute Gasteiger partial charge is 0.312 e. The standard InChI is InChI=1S/C15H8F5NO3/c16-9-8(10(17)12(19)13(20)11(9)18)14(22)7-2-1-6-5(15(23)24)3-4-21(6)7/h1-2,5H,3-4H2,(H,23,24). The number of nitrogens with zero attached hydrogens (tertiary/aromatic N) is 1.